The van der Waals surface area contributed by atoms with E-state index in [2.05, 4.69) is 41.4 Å². The van der Waals surface area contributed by atoms with Crippen LogP contribution in [-0.4, -0.2) is 64.8 Å². The molecule has 0 bridgehead atoms. The van der Waals surface area contributed by atoms with Crippen LogP contribution < -0.4 is 5.32 Å². The lowest BCUT2D eigenvalue weighted by Gasteiger charge is -2.31. The van der Waals surface area contributed by atoms with Gasteiger partial charge in [-0.25, -0.2) is 4.79 Å². The number of nitrogens with one attached hydrogen (secondary N) is 1. The van der Waals surface area contributed by atoms with Gasteiger partial charge in [-0.1, -0.05) is 54.6 Å². The van der Waals surface area contributed by atoms with E-state index in [1.165, 1.54) is 5.56 Å². The number of nitrogens with zero attached hydrogens (tertiary/aromatic N) is 3. The van der Waals surface area contributed by atoms with E-state index in [0.29, 0.717) is 13.0 Å². The SMILES string of the molecule is CCN(C(=O)CN1C(=O)NC2(CCc3ccccc32)C1=O)C1CCN(C(C)c2ccccc2)C1. The molecule has 2 aliphatic heterocycles. The molecule has 2 aromatic rings. The van der Waals surface area contributed by atoms with Gasteiger partial charge in [-0.3, -0.25) is 19.4 Å². The normalized spacial score (nSPS) is 25.0. The quantitative estimate of drug-likeness (QED) is 0.673. The van der Waals surface area contributed by atoms with Gasteiger partial charge in [0.25, 0.3) is 5.91 Å². The second kappa shape index (κ2) is 8.87. The second-order valence-corrected chi connectivity index (χ2v) is 9.59. The number of likely N-dealkylation sites (tertiary alicyclic amines) is 1. The Morgan fingerprint density at radius 1 is 1.15 bits per heavy atom. The lowest BCUT2D eigenvalue weighted by atomic mass is 9.92. The van der Waals surface area contributed by atoms with Gasteiger partial charge in [0, 0.05) is 31.7 Å². The van der Waals surface area contributed by atoms with Gasteiger partial charge in [-0.05, 0) is 49.8 Å². The second-order valence-electron chi connectivity index (χ2n) is 9.59. The van der Waals surface area contributed by atoms with Gasteiger partial charge in [0.15, 0.2) is 0 Å². The van der Waals surface area contributed by atoms with Crippen molar-refractivity contribution in [3.63, 3.8) is 0 Å². The van der Waals surface area contributed by atoms with Gasteiger partial charge in [-0.15, -0.1) is 0 Å². The fourth-order valence-corrected chi connectivity index (χ4v) is 5.91. The first-order valence-corrected chi connectivity index (χ1v) is 12.3. The average molecular weight is 461 g/mol. The van der Waals surface area contributed by atoms with Crippen LogP contribution in [0.5, 0.6) is 0 Å². The summed E-state index contributed by atoms with van der Waals surface area (Å²) in [6, 6.07) is 18.0. The molecular formula is C27H32N4O3. The number of imide groups is 1. The molecule has 1 aliphatic carbocycles. The number of hydrogen-bond donors (Lipinski definition) is 1. The maximum atomic E-state index is 13.4. The Hall–Kier alpha value is -3.19. The number of urea groups is 1. The maximum absolute atomic E-state index is 13.4. The van der Waals surface area contributed by atoms with Crippen LogP contribution in [0.25, 0.3) is 0 Å². The molecule has 2 aromatic carbocycles. The molecule has 2 heterocycles. The Morgan fingerprint density at radius 2 is 1.88 bits per heavy atom. The molecule has 3 aliphatic rings. The molecule has 3 atom stereocenters. The first-order chi connectivity index (χ1) is 16.4. The van der Waals surface area contributed by atoms with Crippen LogP contribution in [-0.2, 0) is 21.5 Å². The third-order valence-electron chi connectivity index (χ3n) is 7.84. The van der Waals surface area contributed by atoms with Crippen molar-refractivity contribution in [3.05, 3.63) is 71.3 Å². The summed E-state index contributed by atoms with van der Waals surface area (Å²) in [5, 5.41) is 2.92. The number of carbonyl (C=O) groups is 3. The van der Waals surface area contributed by atoms with Crippen LogP contribution in [0.2, 0.25) is 0 Å². The number of amides is 4. The van der Waals surface area contributed by atoms with Gasteiger partial charge in [0.05, 0.1) is 0 Å². The fourth-order valence-electron chi connectivity index (χ4n) is 5.91. The summed E-state index contributed by atoms with van der Waals surface area (Å²) in [4.78, 5) is 45.0. The minimum absolute atomic E-state index is 0.0746. The summed E-state index contributed by atoms with van der Waals surface area (Å²) >= 11 is 0. The van der Waals surface area contributed by atoms with Crippen LogP contribution in [0.4, 0.5) is 4.79 Å². The number of fused-ring (bicyclic) bond motifs is 2. The summed E-state index contributed by atoms with van der Waals surface area (Å²) < 4.78 is 0. The van der Waals surface area contributed by atoms with E-state index >= 15 is 0 Å². The summed E-state index contributed by atoms with van der Waals surface area (Å²) in [6.07, 6.45) is 2.16. The zero-order valence-corrected chi connectivity index (χ0v) is 19.9. The zero-order valence-electron chi connectivity index (χ0n) is 19.9. The lowest BCUT2D eigenvalue weighted by molar-refractivity contribution is -0.140. The number of likely N-dealkylation sites (N-methyl/N-ethyl adjacent to an activating group) is 1. The first-order valence-electron chi connectivity index (χ1n) is 12.3. The highest BCUT2D eigenvalue weighted by atomic mass is 16.2. The van der Waals surface area contributed by atoms with E-state index in [4.69, 9.17) is 0 Å². The molecule has 0 radical (unpaired) electrons. The molecule has 178 valence electrons. The number of rotatable bonds is 6. The van der Waals surface area contributed by atoms with E-state index in [1.54, 1.807) is 0 Å². The van der Waals surface area contributed by atoms with Crippen LogP contribution in [0.3, 0.4) is 0 Å². The van der Waals surface area contributed by atoms with E-state index in [9.17, 15) is 14.4 Å². The van der Waals surface area contributed by atoms with E-state index in [-0.39, 0.29) is 30.4 Å². The van der Waals surface area contributed by atoms with Crippen molar-refractivity contribution in [1.29, 1.82) is 0 Å². The van der Waals surface area contributed by atoms with Crippen molar-refractivity contribution in [1.82, 2.24) is 20.0 Å². The summed E-state index contributed by atoms with van der Waals surface area (Å²) in [5.41, 5.74) is 2.18. The minimum Gasteiger partial charge on any atom is -0.337 e. The monoisotopic (exact) mass is 460 g/mol. The van der Waals surface area contributed by atoms with Gasteiger partial charge in [0.1, 0.15) is 12.1 Å². The predicted octanol–water partition coefficient (Wildman–Crippen LogP) is 3.06. The number of carbonyl (C=O) groups excluding carboxylic acids is 3. The Morgan fingerprint density at radius 3 is 2.65 bits per heavy atom. The molecule has 34 heavy (non-hydrogen) atoms. The van der Waals surface area contributed by atoms with Crippen molar-refractivity contribution >= 4 is 17.8 Å². The van der Waals surface area contributed by atoms with Gasteiger partial charge in [-0.2, -0.15) is 0 Å². The van der Waals surface area contributed by atoms with Crippen molar-refractivity contribution in [3.8, 4) is 0 Å². The molecular weight excluding hydrogens is 428 g/mol. The Labute approximate surface area is 200 Å². The fraction of sp³-hybridized carbons (Fsp3) is 0.444. The van der Waals surface area contributed by atoms with Crippen LogP contribution in [0, 0.1) is 0 Å². The van der Waals surface area contributed by atoms with Gasteiger partial charge >= 0.3 is 6.03 Å². The largest absolute Gasteiger partial charge is 0.337 e. The Bertz CT molecular complexity index is 1100. The van der Waals surface area contributed by atoms with Crippen LogP contribution in [0.15, 0.2) is 54.6 Å². The molecule has 5 rings (SSSR count). The van der Waals surface area contributed by atoms with E-state index in [1.807, 2.05) is 42.2 Å². The number of hydrogen-bond acceptors (Lipinski definition) is 4. The van der Waals surface area contributed by atoms with Gasteiger partial charge < -0.3 is 10.2 Å². The van der Waals surface area contributed by atoms with E-state index < -0.39 is 11.6 Å². The summed E-state index contributed by atoms with van der Waals surface area (Å²) in [5.74, 6) is -0.480. The molecule has 1 spiro atoms. The van der Waals surface area contributed by atoms with Crippen LogP contribution in [0.1, 0.15) is 49.4 Å². The molecule has 7 nitrogen and oxygen atoms in total. The Balaban J connectivity index is 1.27. The smallest absolute Gasteiger partial charge is 0.325 e. The van der Waals surface area contributed by atoms with Crippen molar-refractivity contribution < 1.29 is 14.4 Å². The van der Waals surface area contributed by atoms with Gasteiger partial charge in [0.2, 0.25) is 5.91 Å². The van der Waals surface area contributed by atoms with Crippen molar-refractivity contribution in [2.24, 2.45) is 0 Å². The summed E-state index contributed by atoms with van der Waals surface area (Å²) in [7, 11) is 0. The highest BCUT2D eigenvalue weighted by Crippen LogP contribution is 2.41. The van der Waals surface area contributed by atoms with E-state index in [0.717, 1.165) is 42.0 Å². The van der Waals surface area contributed by atoms with Crippen LogP contribution >= 0.6 is 0 Å². The molecule has 7 heteroatoms. The lowest BCUT2D eigenvalue weighted by Crippen LogP contribution is -2.48. The topological polar surface area (TPSA) is 73.0 Å². The summed E-state index contributed by atoms with van der Waals surface area (Å²) in [6.45, 7) is 6.19. The highest BCUT2D eigenvalue weighted by Gasteiger charge is 2.55. The molecule has 4 amide bonds. The number of aryl methyl sites for hydroxylation is 1. The van der Waals surface area contributed by atoms with Crippen molar-refractivity contribution in [2.45, 2.75) is 50.7 Å². The molecule has 2 saturated heterocycles. The zero-order chi connectivity index (χ0) is 23.9. The minimum atomic E-state index is -1.03. The molecule has 0 saturated carbocycles. The molecule has 3 unspecified atom stereocenters. The average Bonchev–Trinajstić information content (AvgIpc) is 3.54. The third kappa shape index (κ3) is 3.68. The maximum Gasteiger partial charge on any atom is 0.325 e. The molecule has 1 N–H and O–H groups in total. The predicted molar refractivity (Wildman–Crippen MR) is 129 cm³/mol. The molecule has 0 aromatic heterocycles. The Kier molecular flexibility index (Phi) is 5.90. The third-order valence-corrected chi connectivity index (χ3v) is 7.84. The molecule has 2 fully saturated rings. The number of benzene rings is 2. The highest BCUT2D eigenvalue weighted by molar-refractivity contribution is 6.09. The first kappa shape index (κ1) is 22.6. The van der Waals surface area contributed by atoms with Crippen molar-refractivity contribution in [2.75, 3.05) is 26.2 Å². The standard InChI is InChI=1S/C27H32N4O3/c1-3-30(22-14-16-29(17-22)19(2)20-9-5-4-6-10-20)24(32)18-31-25(33)27(28-26(31)34)15-13-21-11-7-8-12-23(21)27/h4-12,19,22H,3,13-18H2,1-2H3,(H,28,34).